The van der Waals surface area contributed by atoms with Crippen LogP contribution < -0.4 is 10.1 Å². The lowest BCUT2D eigenvalue weighted by Gasteiger charge is -2.44. The van der Waals surface area contributed by atoms with E-state index in [4.69, 9.17) is 9.47 Å². The van der Waals surface area contributed by atoms with Crippen LogP contribution in [0.15, 0.2) is 42.5 Å². The van der Waals surface area contributed by atoms with E-state index in [-0.39, 0.29) is 23.7 Å². The van der Waals surface area contributed by atoms with E-state index in [0.29, 0.717) is 5.92 Å². The fourth-order valence-electron chi connectivity index (χ4n) is 5.83. The number of fused-ring (bicyclic) bond motifs is 4. The second-order valence-corrected chi connectivity index (χ2v) is 10.6. The first kappa shape index (κ1) is 22.3. The molecular formula is C28H36N2O3. The minimum absolute atomic E-state index is 0.0288. The van der Waals surface area contributed by atoms with Gasteiger partial charge in [-0.05, 0) is 84.5 Å². The van der Waals surface area contributed by atoms with Gasteiger partial charge in [0.15, 0.2) is 0 Å². The lowest BCUT2D eigenvalue weighted by molar-refractivity contribution is -0.0348. The molecule has 0 aromatic heterocycles. The lowest BCUT2D eigenvalue weighted by atomic mass is 9.85. The molecule has 3 fully saturated rings. The Bertz CT molecular complexity index is 1010. The van der Waals surface area contributed by atoms with Gasteiger partial charge < -0.3 is 14.8 Å². The van der Waals surface area contributed by atoms with Gasteiger partial charge >= 0.3 is 6.09 Å². The molecule has 2 atom stereocenters. The quantitative estimate of drug-likeness (QED) is 0.626. The predicted octanol–water partition coefficient (Wildman–Crippen LogP) is 5.59. The molecule has 0 radical (unpaired) electrons. The number of amides is 1. The molecule has 1 N–H and O–H groups in total. The number of alkyl carbamates (subject to hydrolysis) is 1. The molecule has 3 saturated heterocycles. The monoisotopic (exact) mass is 448 g/mol. The Labute approximate surface area is 197 Å². The summed E-state index contributed by atoms with van der Waals surface area (Å²) in [6.07, 6.45) is 3.96. The van der Waals surface area contributed by atoms with E-state index < -0.39 is 0 Å². The molecule has 4 aliphatic rings. The third kappa shape index (κ3) is 4.61. The minimum atomic E-state index is -0.274. The Morgan fingerprint density at radius 3 is 2.64 bits per heavy atom. The zero-order valence-corrected chi connectivity index (χ0v) is 20.1. The first-order chi connectivity index (χ1) is 15.9. The van der Waals surface area contributed by atoms with E-state index >= 15 is 0 Å². The normalized spacial score (nSPS) is 27.1. The van der Waals surface area contributed by atoms with Gasteiger partial charge in [-0.15, -0.1) is 0 Å². The molecule has 3 aliphatic heterocycles. The highest BCUT2D eigenvalue weighted by Gasteiger charge is 2.42. The van der Waals surface area contributed by atoms with Gasteiger partial charge in [0.2, 0.25) is 0 Å². The molecule has 2 aromatic rings. The fraction of sp³-hybridized carbons (Fsp3) is 0.536. The van der Waals surface area contributed by atoms with Gasteiger partial charge in [0.25, 0.3) is 0 Å². The molecule has 6 rings (SSSR count). The van der Waals surface area contributed by atoms with E-state index in [2.05, 4.69) is 61.3 Å². The van der Waals surface area contributed by atoms with Crippen molar-refractivity contribution in [1.29, 1.82) is 0 Å². The summed E-state index contributed by atoms with van der Waals surface area (Å²) in [6.45, 7) is 10.5. The Morgan fingerprint density at radius 2 is 1.91 bits per heavy atom. The van der Waals surface area contributed by atoms with Gasteiger partial charge in [0, 0.05) is 6.54 Å². The van der Waals surface area contributed by atoms with Crippen LogP contribution in [-0.2, 0) is 11.2 Å². The fourth-order valence-corrected chi connectivity index (χ4v) is 5.83. The van der Waals surface area contributed by atoms with E-state index in [1.807, 2.05) is 12.1 Å². The largest absolute Gasteiger partial charge is 0.494 e. The zero-order chi connectivity index (χ0) is 23.0. The van der Waals surface area contributed by atoms with Crippen LogP contribution in [0.1, 0.15) is 57.2 Å². The third-order valence-corrected chi connectivity index (χ3v) is 7.64. The van der Waals surface area contributed by atoms with Gasteiger partial charge in [0.1, 0.15) is 11.9 Å². The zero-order valence-electron chi connectivity index (χ0n) is 20.1. The number of carbonyl (C=O) groups excluding carboxylic acids is 1. The smallest absolute Gasteiger partial charge is 0.407 e. The highest BCUT2D eigenvalue weighted by atomic mass is 16.6. The van der Waals surface area contributed by atoms with Gasteiger partial charge in [-0.25, -0.2) is 4.79 Å². The second-order valence-electron chi connectivity index (χ2n) is 10.6. The maximum atomic E-state index is 12.9. The molecule has 3 heterocycles. The lowest BCUT2D eigenvalue weighted by Crippen LogP contribution is -2.53. The topological polar surface area (TPSA) is 50.8 Å². The molecule has 33 heavy (non-hydrogen) atoms. The van der Waals surface area contributed by atoms with Crippen LogP contribution in [0.3, 0.4) is 0 Å². The molecule has 0 saturated carbocycles. The van der Waals surface area contributed by atoms with E-state index in [9.17, 15) is 4.79 Å². The molecule has 0 spiro atoms. The number of nitrogens with zero attached hydrogens (tertiary/aromatic N) is 1. The number of benzene rings is 2. The first-order valence-electron chi connectivity index (χ1n) is 12.5. The van der Waals surface area contributed by atoms with Crippen molar-refractivity contribution in [3.8, 4) is 16.9 Å². The molecule has 2 aromatic carbocycles. The summed E-state index contributed by atoms with van der Waals surface area (Å²) in [4.78, 5) is 15.3. The van der Waals surface area contributed by atoms with Crippen LogP contribution >= 0.6 is 0 Å². The van der Waals surface area contributed by atoms with Crippen LogP contribution in [0.5, 0.6) is 5.75 Å². The number of hydrogen-bond donors (Lipinski definition) is 1. The minimum Gasteiger partial charge on any atom is -0.494 e. The number of carbonyl (C=O) groups is 1. The van der Waals surface area contributed by atoms with Crippen LogP contribution in [0.4, 0.5) is 4.79 Å². The summed E-state index contributed by atoms with van der Waals surface area (Å²) in [5.74, 6) is 1.43. The average molecular weight is 449 g/mol. The average Bonchev–Trinajstić information content (AvgIpc) is 3.07. The predicted molar refractivity (Wildman–Crippen MR) is 130 cm³/mol. The third-order valence-electron chi connectivity index (χ3n) is 7.64. The van der Waals surface area contributed by atoms with Crippen LogP contribution in [0.25, 0.3) is 11.1 Å². The SMILES string of the molecule is CCCOc1cccc(-c2ccc3c(c2)CC(C)(C)C3NC(=O)O[C@@H]2CN3CCC2CC3)c1. The van der Waals surface area contributed by atoms with E-state index in [1.54, 1.807) is 0 Å². The van der Waals surface area contributed by atoms with Crippen molar-refractivity contribution >= 4 is 6.09 Å². The molecule has 1 amide bonds. The van der Waals surface area contributed by atoms with Crippen molar-refractivity contribution in [1.82, 2.24) is 10.2 Å². The molecule has 1 unspecified atom stereocenters. The van der Waals surface area contributed by atoms with Crippen LogP contribution in [-0.4, -0.2) is 43.3 Å². The number of rotatable bonds is 6. The Kier molecular flexibility index (Phi) is 6.09. The Balaban J connectivity index is 1.31. The van der Waals surface area contributed by atoms with Crippen LogP contribution in [0, 0.1) is 11.3 Å². The van der Waals surface area contributed by atoms with Gasteiger partial charge in [-0.3, -0.25) is 4.90 Å². The van der Waals surface area contributed by atoms with Crippen molar-refractivity contribution in [3.05, 3.63) is 53.6 Å². The number of nitrogens with one attached hydrogen (secondary N) is 1. The number of hydrogen-bond acceptors (Lipinski definition) is 4. The molecule has 5 heteroatoms. The maximum Gasteiger partial charge on any atom is 0.407 e. The number of ether oxygens (including phenoxy) is 2. The summed E-state index contributed by atoms with van der Waals surface area (Å²) in [7, 11) is 0. The molecule has 1 aliphatic carbocycles. The Morgan fingerprint density at radius 1 is 1.12 bits per heavy atom. The highest BCUT2D eigenvalue weighted by molar-refractivity contribution is 5.70. The van der Waals surface area contributed by atoms with Crippen molar-refractivity contribution in [2.45, 2.75) is 58.6 Å². The summed E-state index contributed by atoms with van der Waals surface area (Å²) >= 11 is 0. The van der Waals surface area contributed by atoms with Crippen molar-refractivity contribution in [2.75, 3.05) is 26.2 Å². The number of piperidine rings is 3. The van der Waals surface area contributed by atoms with Crippen molar-refractivity contribution in [3.63, 3.8) is 0 Å². The van der Waals surface area contributed by atoms with Gasteiger partial charge in [-0.2, -0.15) is 0 Å². The second kappa shape index (κ2) is 9.02. The molecule has 5 nitrogen and oxygen atoms in total. The highest BCUT2D eigenvalue weighted by Crippen LogP contribution is 2.46. The maximum absolute atomic E-state index is 12.9. The van der Waals surface area contributed by atoms with Crippen molar-refractivity contribution in [2.24, 2.45) is 11.3 Å². The molecule has 2 bridgehead atoms. The van der Waals surface area contributed by atoms with Crippen molar-refractivity contribution < 1.29 is 14.3 Å². The van der Waals surface area contributed by atoms with E-state index in [1.165, 1.54) is 16.7 Å². The summed E-state index contributed by atoms with van der Waals surface area (Å²) < 4.78 is 11.7. The summed E-state index contributed by atoms with van der Waals surface area (Å²) in [5.41, 5.74) is 4.77. The Hall–Kier alpha value is -2.53. The van der Waals surface area contributed by atoms with Gasteiger partial charge in [-0.1, -0.05) is 51.1 Å². The molecule has 176 valence electrons. The summed E-state index contributed by atoms with van der Waals surface area (Å²) in [6, 6.07) is 14.9. The van der Waals surface area contributed by atoms with Gasteiger partial charge in [0.05, 0.1) is 12.6 Å². The summed E-state index contributed by atoms with van der Waals surface area (Å²) in [5, 5.41) is 3.22. The first-order valence-corrected chi connectivity index (χ1v) is 12.5. The standard InChI is InChI=1S/C28H36N2O3/c1-4-14-32-23-7-5-6-20(16-23)21-8-9-24-22(15-21)17-28(2,3)26(24)29-27(31)33-25-18-30-12-10-19(25)11-13-30/h5-9,15-16,19,25-26H,4,10-14,17-18H2,1-3H3,(H,29,31)/t25-,26?/m1/s1. The van der Waals surface area contributed by atoms with E-state index in [0.717, 1.165) is 63.2 Å². The van der Waals surface area contributed by atoms with Crippen LogP contribution in [0.2, 0.25) is 0 Å². The molecular weight excluding hydrogens is 412 g/mol.